The summed E-state index contributed by atoms with van der Waals surface area (Å²) in [7, 11) is 0. The van der Waals surface area contributed by atoms with Crippen LogP contribution < -0.4 is 0 Å². The van der Waals surface area contributed by atoms with Crippen LogP contribution in [0.4, 0.5) is 0 Å². The second-order valence-corrected chi connectivity index (χ2v) is 7.01. The lowest BCUT2D eigenvalue weighted by Crippen LogP contribution is -2.39. The Morgan fingerprint density at radius 1 is 1.03 bits per heavy atom. The Morgan fingerprint density at radius 3 is 2.28 bits per heavy atom. The van der Waals surface area contributed by atoms with Gasteiger partial charge in [0.2, 0.25) is 0 Å². The minimum absolute atomic E-state index is 0.0291. The van der Waals surface area contributed by atoms with Crippen molar-refractivity contribution in [2.45, 2.75) is 33.4 Å². The number of carbonyl (C=O) groups is 2. The number of ether oxygens (including phenoxy) is 1. The predicted octanol–water partition coefficient (Wildman–Crippen LogP) is 4.24. The third-order valence-electron chi connectivity index (χ3n) is 4.58. The Bertz CT molecular complexity index is 965. The van der Waals surface area contributed by atoms with Gasteiger partial charge in [-0.3, -0.25) is 4.79 Å². The van der Waals surface area contributed by atoms with Crippen molar-refractivity contribution in [2.75, 3.05) is 6.61 Å². The van der Waals surface area contributed by atoms with Crippen LogP contribution in [0.3, 0.4) is 0 Å². The van der Waals surface area contributed by atoms with Crippen molar-refractivity contribution >= 4 is 11.9 Å². The van der Waals surface area contributed by atoms with Crippen LogP contribution in [0.15, 0.2) is 65.2 Å². The molecule has 0 aliphatic carbocycles. The van der Waals surface area contributed by atoms with Gasteiger partial charge >= 0.3 is 5.97 Å². The van der Waals surface area contributed by atoms with Crippen LogP contribution in [0.25, 0.3) is 11.3 Å². The monoisotopic (exact) mass is 392 g/mol. The van der Waals surface area contributed by atoms with Crippen molar-refractivity contribution in [1.82, 2.24) is 10.1 Å². The first-order chi connectivity index (χ1) is 14.0. The molecule has 6 nitrogen and oxygen atoms in total. The van der Waals surface area contributed by atoms with Crippen LogP contribution in [0.1, 0.15) is 35.5 Å². The molecule has 150 valence electrons. The minimum atomic E-state index is -0.626. The van der Waals surface area contributed by atoms with E-state index in [1.54, 1.807) is 11.8 Å². The average molecular weight is 392 g/mol. The molecule has 1 amide bonds. The number of aryl methyl sites for hydroxylation is 1. The predicted molar refractivity (Wildman–Crippen MR) is 109 cm³/mol. The third-order valence-corrected chi connectivity index (χ3v) is 4.58. The second-order valence-electron chi connectivity index (χ2n) is 7.01. The molecule has 0 bridgehead atoms. The molecule has 3 rings (SSSR count). The van der Waals surface area contributed by atoms with Crippen molar-refractivity contribution < 1.29 is 18.8 Å². The van der Waals surface area contributed by atoms with Gasteiger partial charge in [-0.2, -0.15) is 0 Å². The highest BCUT2D eigenvalue weighted by molar-refractivity contribution is 5.98. The smallest absolute Gasteiger partial charge is 0.344 e. The van der Waals surface area contributed by atoms with Crippen molar-refractivity contribution in [2.24, 2.45) is 0 Å². The summed E-state index contributed by atoms with van der Waals surface area (Å²) in [5.41, 5.74) is 2.41. The number of rotatable bonds is 7. The van der Waals surface area contributed by atoms with E-state index in [-0.39, 0.29) is 24.1 Å². The van der Waals surface area contributed by atoms with E-state index in [9.17, 15) is 9.59 Å². The Morgan fingerprint density at radius 2 is 1.66 bits per heavy atom. The van der Waals surface area contributed by atoms with Gasteiger partial charge in [0, 0.05) is 18.2 Å². The summed E-state index contributed by atoms with van der Waals surface area (Å²) in [4.78, 5) is 27.1. The van der Waals surface area contributed by atoms with E-state index in [1.807, 2.05) is 74.5 Å². The summed E-state index contributed by atoms with van der Waals surface area (Å²) in [5, 5.41) is 3.98. The van der Waals surface area contributed by atoms with Crippen LogP contribution >= 0.6 is 0 Å². The number of carbonyl (C=O) groups excluding carboxylic acids is 2. The molecule has 0 radical (unpaired) electrons. The lowest BCUT2D eigenvalue weighted by Gasteiger charge is -2.26. The number of benzene rings is 2. The van der Waals surface area contributed by atoms with Crippen molar-refractivity contribution in [1.29, 1.82) is 0 Å². The fourth-order valence-corrected chi connectivity index (χ4v) is 3.03. The van der Waals surface area contributed by atoms with Crippen LogP contribution in [-0.4, -0.2) is 34.6 Å². The van der Waals surface area contributed by atoms with E-state index in [4.69, 9.17) is 9.26 Å². The van der Waals surface area contributed by atoms with Crippen LogP contribution in [-0.2, 0) is 16.1 Å². The van der Waals surface area contributed by atoms with Gasteiger partial charge in [0.25, 0.3) is 5.91 Å². The summed E-state index contributed by atoms with van der Waals surface area (Å²) in [6.07, 6.45) is 0. The van der Waals surface area contributed by atoms with Gasteiger partial charge in [-0.05, 0) is 26.3 Å². The molecule has 0 N–H and O–H groups in total. The van der Waals surface area contributed by atoms with Crippen molar-refractivity contribution in [3.05, 3.63) is 77.6 Å². The van der Waals surface area contributed by atoms with Gasteiger partial charge in [-0.25, -0.2) is 4.79 Å². The van der Waals surface area contributed by atoms with E-state index < -0.39 is 5.97 Å². The molecule has 0 fully saturated rings. The molecule has 0 unspecified atom stereocenters. The zero-order valence-corrected chi connectivity index (χ0v) is 16.8. The van der Waals surface area contributed by atoms with Gasteiger partial charge < -0.3 is 14.2 Å². The molecule has 0 saturated heterocycles. The molecule has 0 spiro atoms. The lowest BCUT2D eigenvalue weighted by molar-refractivity contribution is -0.136. The maximum Gasteiger partial charge on any atom is 0.344 e. The normalized spacial score (nSPS) is 10.8. The number of aromatic nitrogens is 1. The first-order valence-electron chi connectivity index (χ1n) is 9.49. The number of esters is 1. The zero-order chi connectivity index (χ0) is 20.8. The maximum atomic E-state index is 12.7. The highest BCUT2D eigenvalue weighted by atomic mass is 16.5. The molecule has 1 aromatic heterocycles. The van der Waals surface area contributed by atoms with E-state index in [1.165, 1.54) is 0 Å². The quantitative estimate of drug-likeness (QED) is 0.562. The van der Waals surface area contributed by atoms with E-state index in [0.717, 1.165) is 11.1 Å². The van der Waals surface area contributed by atoms with Crippen LogP contribution in [0.5, 0.6) is 0 Å². The highest BCUT2D eigenvalue weighted by Gasteiger charge is 2.25. The number of hydrogen-bond acceptors (Lipinski definition) is 5. The SMILES string of the molecule is Cc1onc(-c2ccccc2)c1C(=O)OCC(=O)N(Cc1ccccc1)C(C)C. The molecule has 2 aromatic carbocycles. The zero-order valence-electron chi connectivity index (χ0n) is 16.8. The van der Waals surface area contributed by atoms with E-state index in [2.05, 4.69) is 5.16 Å². The lowest BCUT2D eigenvalue weighted by atomic mass is 10.1. The first-order valence-corrected chi connectivity index (χ1v) is 9.49. The molecule has 0 saturated carbocycles. The van der Waals surface area contributed by atoms with Crippen molar-refractivity contribution in [3.63, 3.8) is 0 Å². The minimum Gasteiger partial charge on any atom is -0.452 e. The molecular formula is C23H24N2O4. The third kappa shape index (κ3) is 4.90. The number of nitrogens with zero attached hydrogens (tertiary/aromatic N) is 2. The van der Waals surface area contributed by atoms with Crippen LogP contribution in [0.2, 0.25) is 0 Å². The molecule has 0 aliphatic heterocycles. The number of hydrogen-bond donors (Lipinski definition) is 0. The molecule has 0 atom stereocenters. The van der Waals surface area contributed by atoms with Crippen molar-refractivity contribution in [3.8, 4) is 11.3 Å². The van der Waals surface area contributed by atoms with E-state index >= 15 is 0 Å². The first kappa shape index (κ1) is 20.3. The standard InChI is InChI=1S/C23H24N2O4/c1-16(2)25(14-18-10-6-4-7-11-18)20(26)15-28-23(27)21-17(3)29-24-22(21)19-12-8-5-9-13-19/h4-13,16H,14-15H2,1-3H3. The maximum absolute atomic E-state index is 12.7. The Kier molecular flexibility index (Phi) is 6.44. The summed E-state index contributed by atoms with van der Waals surface area (Å²) in [6.45, 7) is 5.62. The molecule has 1 heterocycles. The fraction of sp³-hybridized carbons (Fsp3) is 0.261. The summed E-state index contributed by atoms with van der Waals surface area (Å²) < 4.78 is 10.5. The highest BCUT2D eigenvalue weighted by Crippen LogP contribution is 2.25. The van der Waals surface area contributed by atoms with Gasteiger partial charge in [-0.1, -0.05) is 65.8 Å². The van der Waals surface area contributed by atoms with Gasteiger partial charge in [0.05, 0.1) is 0 Å². The topological polar surface area (TPSA) is 72.6 Å². The summed E-state index contributed by atoms with van der Waals surface area (Å²) in [5.74, 6) is -0.529. The molecular weight excluding hydrogens is 368 g/mol. The second kappa shape index (κ2) is 9.19. The fourth-order valence-electron chi connectivity index (χ4n) is 3.03. The summed E-state index contributed by atoms with van der Waals surface area (Å²) >= 11 is 0. The average Bonchev–Trinajstić information content (AvgIpc) is 3.12. The van der Waals surface area contributed by atoms with Gasteiger partial charge in [-0.15, -0.1) is 0 Å². The number of amides is 1. The van der Waals surface area contributed by atoms with Gasteiger partial charge in [0.15, 0.2) is 6.61 Å². The largest absolute Gasteiger partial charge is 0.452 e. The molecule has 29 heavy (non-hydrogen) atoms. The Hall–Kier alpha value is -3.41. The van der Waals surface area contributed by atoms with E-state index in [0.29, 0.717) is 18.0 Å². The van der Waals surface area contributed by atoms with Gasteiger partial charge in [0.1, 0.15) is 17.0 Å². The molecule has 3 aromatic rings. The summed E-state index contributed by atoms with van der Waals surface area (Å²) in [6, 6.07) is 18.9. The van der Waals surface area contributed by atoms with Crippen LogP contribution in [0, 0.1) is 6.92 Å². The Labute approximate surface area is 170 Å². The Balaban J connectivity index is 1.70. The molecule has 6 heteroatoms. The molecule has 0 aliphatic rings.